The van der Waals surface area contributed by atoms with Crippen molar-refractivity contribution in [1.82, 2.24) is 9.97 Å². The molecule has 196 valence electrons. The van der Waals surface area contributed by atoms with Crippen LogP contribution in [0.15, 0.2) is 85.2 Å². The van der Waals surface area contributed by atoms with Gasteiger partial charge in [-0.25, -0.2) is 18.1 Å². The molecule has 3 aromatic carbocycles. The summed E-state index contributed by atoms with van der Waals surface area (Å²) in [7, 11) is 0. The molecule has 0 saturated heterocycles. The third-order valence-electron chi connectivity index (χ3n) is 6.10. The quantitative estimate of drug-likeness (QED) is 0.153. The molecule has 1 N–H and O–H groups in total. The minimum absolute atomic E-state index is 0.0606. The van der Waals surface area contributed by atoms with Gasteiger partial charge in [0.2, 0.25) is 5.78 Å². The van der Waals surface area contributed by atoms with Gasteiger partial charge in [0.15, 0.2) is 5.82 Å². The highest BCUT2D eigenvalue weighted by Crippen LogP contribution is 2.34. The van der Waals surface area contributed by atoms with E-state index in [-0.39, 0.29) is 11.3 Å². The van der Waals surface area contributed by atoms with Gasteiger partial charge in [0.25, 0.3) is 5.91 Å². The Kier molecular flexibility index (Phi) is 7.77. The second kappa shape index (κ2) is 11.4. The maximum atomic E-state index is 16.0. The Morgan fingerprint density at radius 2 is 1.74 bits per heavy atom. The smallest absolute Gasteiger partial charge is 0.268 e. The molecule has 39 heavy (non-hydrogen) atoms. The lowest BCUT2D eigenvalue weighted by molar-refractivity contribution is 0.100. The first-order chi connectivity index (χ1) is 18.9. The molecule has 0 bridgehead atoms. The predicted molar refractivity (Wildman–Crippen MR) is 152 cm³/mol. The van der Waals surface area contributed by atoms with E-state index in [0.29, 0.717) is 32.9 Å². The van der Waals surface area contributed by atoms with Crippen LogP contribution in [-0.2, 0) is 0 Å². The lowest BCUT2D eigenvalue weighted by Gasteiger charge is -2.23. The number of nitrogens with one attached hydrogen (secondary N) is 1. The zero-order valence-electron chi connectivity index (χ0n) is 20.8. The summed E-state index contributed by atoms with van der Waals surface area (Å²) in [6, 6.07) is 19.4. The van der Waals surface area contributed by atoms with E-state index in [1.54, 1.807) is 54.7 Å². The van der Waals surface area contributed by atoms with Crippen molar-refractivity contribution >= 4 is 52.0 Å². The Morgan fingerprint density at radius 1 is 1.00 bits per heavy atom. The maximum Gasteiger partial charge on any atom is 0.268 e. The molecular weight excluding hydrogens is 540 g/mol. The molecule has 2 aromatic heterocycles. The van der Waals surface area contributed by atoms with Gasteiger partial charge < -0.3 is 4.98 Å². The van der Waals surface area contributed by atoms with E-state index in [2.05, 4.69) is 9.97 Å². The van der Waals surface area contributed by atoms with Crippen molar-refractivity contribution in [1.29, 1.82) is 0 Å². The molecule has 5 rings (SSSR count). The topological polar surface area (TPSA) is 66.1 Å². The van der Waals surface area contributed by atoms with Crippen LogP contribution < -0.4 is 4.31 Å². The monoisotopic (exact) mass is 561 g/mol. The first kappa shape index (κ1) is 26.6. The van der Waals surface area contributed by atoms with Crippen molar-refractivity contribution in [2.75, 3.05) is 10.1 Å². The molecule has 0 radical (unpaired) electrons. The summed E-state index contributed by atoms with van der Waals surface area (Å²) in [6.07, 6.45) is 3.74. The number of benzene rings is 3. The average Bonchev–Trinajstić information content (AvgIpc) is 3.38. The van der Waals surface area contributed by atoms with Gasteiger partial charge in [0.1, 0.15) is 11.5 Å². The van der Waals surface area contributed by atoms with E-state index in [4.69, 9.17) is 11.6 Å². The molecule has 0 aliphatic rings. The second-order valence-electron chi connectivity index (χ2n) is 8.71. The number of pyridine rings is 1. The van der Waals surface area contributed by atoms with Crippen molar-refractivity contribution in [3.63, 3.8) is 0 Å². The van der Waals surface area contributed by atoms with Gasteiger partial charge in [0, 0.05) is 45.2 Å². The maximum absolute atomic E-state index is 16.0. The van der Waals surface area contributed by atoms with Gasteiger partial charge in [-0.3, -0.25) is 9.59 Å². The number of hydrogen-bond acceptors (Lipinski definition) is 4. The Labute approximate surface area is 233 Å². The van der Waals surface area contributed by atoms with Crippen molar-refractivity contribution in [3.05, 3.63) is 119 Å². The summed E-state index contributed by atoms with van der Waals surface area (Å²) in [5, 5.41) is 0.988. The number of carbonyl (C=O) groups is 2. The number of nitrogens with zero attached hydrogens (tertiary/aromatic N) is 2. The van der Waals surface area contributed by atoms with Crippen LogP contribution in [0.25, 0.3) is 22.2 Å². The van der Waals surface area contributed by atoms with Crippen LogP contribution >= 0.6 is 23.5 Å². The highest BCUT2D eigenvalue weighted by Gasteiger charge is 2.29. The van der Waals surface area contributed by atoms with Crippen LogP contribution in [0.1, 0.15) is 39.6 Å². The van der Waals surface area contributed by atoms with E-state index in [9.17, 15) is 9.59 Å². The molecule has 0 aliphatic carbocycles. The molecule has 5 nitrogen and oxygen atoms in total. The molecule has 1 amide bonds. The number of fused-ring (bicyclic) bond motifs is 1. The van der Waals surface area contributed by atoms with Crippen LogP contribution in [0, 0.1) is 11.6 Å². The summed E-state index contributed by atoms with van der Waals surface area (Å²) < 4.78 is 32.3. The fraction of sp³-hybridized carbons (Fsp3) is 0.100. The van der Waals surface area contributed by atoms with Crippen LogP contribution in [0.3, 0.4) is 0 Å². The largest absolute Gasteiger partial charge is 0.345 e. The van der Waals surface area contributed by atoms with Crippen LogP contribution in [0.2, 0.25) is 5.02 Å². The van der Waals surface area contributed by atoms with Crippen LogP contribution in [0.5, 0.6) is 0 Å². The lowest BCUT2D eigenvalue weighted by Crippen LogP contribution is -2.26. The summed E-state index contributed by atoms with van der Waals surface area (Å²) >= 11 is 7.10. The van der Waals surface area contributed by atoms with Gasteiger partial charge >= 0.3 is 0 Å². The number of anilines is 1. The van der Waals surface area contributed by atoms with Gasteiger partial charge in [-0.1, -0.05) is 48.9 Å². The minimum atomic E-state index is -1.11. The highest BCUT2D eigenvalue weighted by molar-refractivity contribution is 8.01. The number of aromatic nitrogens is 2. The molecule has 0 aliphatic heterocycles. The molecule has 0 saturated carbocycles. The third kappa shape index (κ3) is 5.30. The number of amides is 1. The molecule has 5 aromatic rings. The number of ketones is 1. The van der Waals surface area contributed by atoms with Gasteiger partial charge in [0.05, 0.1) is 11.3 Å². The number of hydrogen-bond donors (Lipinski definition) is 1. The first-order valence-corrected chi connectivity index (χ1v) is 13.5. The molecule has 0 spiro atoms. The zero-order chi connectivity index (χ0) is 27.5. The number of carbonyl (C=O) groups excluding carboxylic acids is 2. The van der Waals surface area contributed by atoms with Gasteiger partial charge in [-0.15, -0.1) is 0 Å². The molecule has 9 heteroatoms. The Hall–Kier alpha value is -4.01. The fourth-order valence-corrected chi connectivity index (χ4v) is 5.14. The number of H-pyrrole nitrogens is 1. The Bertz CT molecular complexity index is 1670. The van der Waals surface area contributed by atoms with E-state index in [0.717, 1.165) is 30.0 Å². The van der Waals surface area contributed by atoms with Crippen molar-refractivity contribution in [3.8, 4) is 11.1 Å². The lowest BCUT2D eigenvalue weighted by atomic mass is 9.99. The average molecular weight is 562 g/mol. The standard InChI is InChI=1S/C30H22ClF2N3O2S/c1-2-14-39-36(30(38)19-6-4-3-5-7-19)25-13-12-24(32)26(27(25)33)28(37)23-17-35-29-22(23)15-20(16-34-29)18-8-10-21(31)11-9-18/h3-13,15-17H,2,14H2,1H3,(H,34,35). The summed E-state index contributed by atoms with van der Waals surface area (Å²) in [4.78, 5) is 34.2. The number of rotatable bonds is 8. The molecule has 2 heterocycles. The summed E-state index contributed by atoms with van der Waals surface area (Å²) in [5.41, 5.74) is 1.39. The normalized spacial score (nSPS) is 11.1. The van der Waals surface area contributed by atoms with E-state index < -0.39 is 28.9 Å². The van der Waals surface area contributed by atoms with E-state index in [1.165, 1.54) is 16.6 Å². The van der Waals surface area contributed by atoms with Gasteiger partial charge in [-0.2, -0.15) is 0 Å². The van der Waals surface area contributed by atoms with Crippen molar-refractivity contribution < 1.29 is 18.4 Å². The number of aromatic amines is 1. The first-order valence-electron chi connectivity index (χ1n) is 12.2. The molecule has 0 atom stereocenters. The molecule has 0 fully saturated rings. The van der Waals surface area contributed by atoms with Gasteiger partial charge in [-0.05, 0) is 66.4 Å². The van der Waals surface area contributed by atoms with E-state index >= 15 is 8.78 Å². The summed E-state index contributed by atoms with van der Waals surface area (Å²) in [6.45, 7) is 1.93. The fourth-order valence-electron chi connectivity index (χ4n) is 4.15. The van der Waals surface area contributed by atoms with Crippen LogP contribution in [-0.4, -0.2) is 27.4 Å². The SMILES string of the molecule is CCCSN(C(=O)c1ccccc1)c1ccc(F)c(C(=O)c2c[nH]c3ncc(-c4ccc(Cl)cc4)cc23)c1F. The van der Waals surface area contributed by atoms with Crippen LogP contribution in [0.4, 0.5) is 14.5 Å². The van der Waals surface area contributed by atoms with E-state index in [1.807, 2.05) is 19.1 Å². The minimum Gasteiger partial charge on any atom is -0.345 e. The Balaban J connectivity index is 1.58. The predicted octanol–water partition coefficient (Wildman–Crippen LogP) is 8.10. The van der Waals surface area contributed by atoms with Crippen molar-refractivity contribution in [2.24, 2.45) is 0 Å². The highest BCUT2D eigenvalue weighted by atomic mass is 35.5. The number of halogens is 3. The Morgan fingerprint density at radius 3 is 2.46 bits per heavy atom. The second-order valence-corrected chi connectivity index (χ2v) is 10.2. The molecule has 0 unspecified atom stereocenters. The molecular formula is C30H22ClF2N3O2S. The summed E-state index contributed by atoms with van der Waals surface area (Å²) in [5.74, 6) is -2.95. The zero-order valence-corrected chi connectivity index (χ0v) is 22.3. The third-order valence-corrected chi connectivity index (χ3v) is 7.56. The van der Waals surface area contributed by atoms with Crippen molar-refractivity contribution in [2.45, 2.75) is 13.3 Å².